The molecule has 0 bridgehead atoms. The molecule has 0 aliphatic rings. The minimum Gasteiger partial charge on any atom is -0.497 e. The number of hydrogen-bond acceptors (Lipinski definition) is 3. The zero-order valence-corrected chi connectivity index (χ0v) is 12.3. The molecule has 3 nitrogen and oxygen atoms in total. The van der Waals surface area contributed by atoms with Crippen molar-refractivity contribution in [2.24, 2.45) is 5.41 Å². The van der Waals surface area contributed by atoms with Crippen molar-refractivity contribution in [3.05, 3.63) is 47.6 Å². The number of rotatable bonds is 4. The molecule has 0 fully saturated rings. The molecular weight excluding hydrogens is 250 g/mol. The quantitative estimate of drug-likeness (QED) is 0.475. The number of methoxy groups -OCH3 is 1. The molecule has 1 rings (SSSR count). The van der Waals surface area contributed by atoms with Crippen molar-refractivity contribution < 1.29 is 9.53 Å². The van der Waals surface area contributed by atoms with Crippen LogP contribution in [0.3, 0.4) is 0 Å². The lowest BCUT2D eigenvalue weighted by atomic mass is 9.86. The van der Waals surface area contributed by atoms with Crippen molar-refractivity contribution in [2.75, 3.05) is 7.11 Å². The summed E-state index contributed by atoms with van der Waals surface area (Å²) in [6.45, 7) is 5.40. The van der Waals surface area contributed by atoms with Gasteiger partial charge in [0.2, 0.25) is 0 Å². The number of nitrogens with zero attached hydrogens (tertiary/aromatic N) is 1. The molecule has 20 heavy (non-hydrogen) atoms. The zero-order valence-electron chi connectivity index (χ0n) is 12.3. The van der Waals surface area contributed by atoms with Crippen LogP contribution < -0.4 is 4.74 Å². The summed E-state index contributed by atoms with van der Waals surface area (Å²) in [5.74, 6) is 0.637. The van der Waals surface area contributed by atoms with Gasteiger partial charge in [0.15, 0.2) is 5.78 Å². The third kappa shape index (κ3) is 4.40. The van der Waals surface area contributed by atoms with Gasteiger partial charge in [-0.2, -0.15) is 5.26 Å². The number of carbonyl (C=O) groups is 1. The SMILES string of the molecule is COc1ccc(C=CC=C(C#N)C(=O)C(C)(C)C)cc1. The van der Waals surface area contributed by atoms with E-state index in [1.807, 2.05) is 36.4 Å². The molecule has 0 radical (unpaired) electrons. The standard InChI is InChI=1S/C17H19NO2/c1-17(2,3)16(19)14(12-18)7-5-6-13-8-10-15(20-4)11-9-13/h5-11H,1-4H3. The summed E-state index contributed by atoms with van der Waals surface area (Å²) < 4.78 is 5.07. The van der Waals surface area contributed by atoms with E-state index in [1.165, 1.54) is 0 Å². The molecule has 0 atom stereocenters. The number of ketones is 1. The van der Waals surface area contributed by atoms with Gasteiger partial charge in [-0.1, -0.05) is 45.1 Å². The Bertz CT molecular complexity index is 566. The summed E-state index contributed by atoms with van der Waals surface area (Å²) in [5, 5.41) is 9.04. The lowest BCUT2D eigenvalue weighted by molar-refractivity contribution is -0.122. The van der Waals surface area contributed by atoms with Crippen LogP contribution >= 0.6 is 0 Å². The number of allylic oxidation sites excluding steroid dienone is 3. The largest absolute Gasteiger partial charge is 0.497 e. The van der Waals surface area contributed by atoms with E-state index in [4.69, 9.17) is 10.00 Å². The van der Waals surface area contributed by atoms with Crippen LogP contribution in [0.25, 0.3) is 6.08 Å². The zero-order chi connectivity index (χ0) is 15.2. The van der Waals surface area contributed by atoms with Crippen LogP contribution in [0.4, 0.5) is 0 Å². The molecule has 0 unspecified atom stereocenters. The summed E-state index contributed by atoms with van der Waals surface area (Å²) >= 11 is 0. The first-order chi connectivity index (χ1) is 9.38. The van der Waals surface area contributed by atoms with Gasteiger partial charge in [-0.25, -0.2) is 0 Å². The molecule has 0 saturated heterocycles. The van der Waals surface area contributed by atoms with Gasteiger partial charge < -0.3 is 4.74 Å². The smallest absolute Gasteiger partial charge is 0.178 e. The number of Topliss-reactive ketones (excluding diaryl/α,β-unsaturated/α-hetero) is 1. The fourth-order valence-corrected chi connectivity index (χ4v) is 1.54. The van der Waals surface area contributed by atoms with Crippen LogP contribution in [0.5, 0.6) is 5.75 Å². The molecule has 104 valence electrons. The summed E-state index contributed by atoms with van der Waals surface area (Å²) in [4.78, 5) is 12.0. The Hall–Kier alpha value is -2.34. The topological polar surface area (TPSA) is 50.1 Å². The van der Waals surface area contributed by atoms with Gasteiger partial charge in [0, 0.05) is 5.41 Å². The van der Waals surface area contributed by atoms with Crippen molar-refractivity contribution >= 4 is 11.9 Å². The van der Waals surface area contributed by atoms with Crippen molar-refractivity contribution in [3.63, 3.8) is 0 Å². The monoisotopic (exact) mass is 269 g/mol. The van der Waals surface area contributed by atoms with Gasteiger partial charge in [0.1, 0.15) is 11.8 Å². The first-order valence-electron chi connectivity index (χ1n) is 6.36. The van der Waals surface area contributed by atoms with Crippen molar-refractivity contribution in [3.8, 4) is 11.8 Å². The van der Waals surface area contributed by atoms with Crippen LogP contribution in [0.1, 0.15) is 26.3 Å². The highest BCUT2D eigenvalue weighted by molar-refractivity contribution is 6.02. The van der Waals surface area contributed by atoms with E-state index < -0.39 is 5.41 Å². The molecule has 0 aliphatic heterocycles. The molecule has 0 aliphatic carbocycles. The van der Waals surface area contributed by atoms with E-state index in [1.54, 1.807) is 40.0 Å². The second-order valence-corrected chi connectivity index (χ2v) is 5.40. The van der Waals surface area contributed by atoms with E-state index in [9.17, 15) is 4.79 Å². The molecule has 0 amide bonds. The fraction of sp³-hybridized carbons (Fsp3) is 0.294. The molecule has 0 saturated carbocycles. The maximum atomic E-state index is 12.0. The number of hydrogen-bond donors (Lipinski definition) is 0. The van der Waals surface area contributed by atoms with Gasteiger partial charge in [-0.3, -0.25) is 4.79 Å². The molecule has 0 heterocycles. The van der Waals surface area contributed by atoms with E-state index in [0.717, 1.165) is 11.3 Å². The predicted molar refractivity (Wildman–Crippen MR) is 80.2 cm³/mol. The fourth-order valence-electron chi connectivity index (χ4n) is 1.54. The normalized spacial score (nSPS) is 12.2. The second kappa shape index (κ2) is 6.72. The molecule has 3 heteroatoms. The molecule has 1 aromatic carbocycles. The van der Waals surface area contributed by atoms with Gasteiger partial charge in [-0.15, -0.1) is 0 Å². The summed E-state index contributed by atoms with van der Waals surface area (Å²) in [6.07, 6.45) is 5.11. The summed E-state index contributed by atoms with van der Waals surface area (Å²) in [7, 11) is 1.62. The minimum atomic E-state index is -0.546. The minimum absolute atomic E-state index is 0.153. The van der Waals surface area contributed by atoms with E-state index in [-0.39, 0.29) is 11.4 Å². The predicted octanol–water partition coefficient (Wildman–Crippen LogP) is 3.77. The van der Waals surface area contributed by atoms with Crippen LogP contribution in [0.15, 0.2) is 42.0 Å². The average molecular weight is 269 g/mol. The maximum absolute atomic E-state index is 12.0. The third-order valence-electron chi connectivity index (χ3n) is 2.71. The van der Waals surface area contributed by atoms with Crippen LogP contribution in [-0.4, -0.2) is 12.9 Å². The van der Waals surface area contributed by atoms with Crippen LogP contribution in [0.2, 0.25) is 0 Å². The van der Waals surface area contributed by atoms with E-state index in [2.05, 4.69) is 0 Å². The second-order valence-electron chi connectivity index (χ2n) is 5.40. The Morgan fingerprint density at radius 1 is 1.25 bits per heavy atom. The van der Waals surface area contributed by atoms with Crippen molar-refractivity contribution in [2.45, 2.75) is 20.8 Å². The molecule has 1 aromatic rings. The highest BCUT2D eigenvalue weighted by atomic mass is 16.5. The Kier molecular flexibility index (Phi) is 5.28. The number of benzene rings is 1. The lowest BCUT2D eigenvalue weighted by Crippen LogP contribution is -2.21. The lowest BCUT2D eigenvalue weighted by Gasteiger charge is -2.14. The Morgan fingerprint density at radius 3 is 2.30 bits per heavy atom. The Labute approximate surface area is 120 Å². The number of nitriles is 1. The van der Waals surface area contributed by atoms with Gasteiger partial charge in [-0.05, 0) is 23.8 Å². The van der Waals surface area contributed by atoms with E-state index in [0.29, 0.717) is 0 Å². The summed E-state index contributed by atoms with van der Waals surface area (Å²) in [6, 6.07) is 9.47. The number of ether oxygens (including phenoxy) is 1. The number of carbonyl (C=O) groups excluding carboxylic acids is 1. The summed E-state index contributed by atoms with van der Waals surface area (Å²) in [5.41, 5.74) is 0.597. The molecule has 0 N–H and O–H groups in total. The van der Waals surface area contributed by atoms with Crippen LogP contribution in [-0.2, 0) is 4.79 Å². The average Bonchev–Trinajstić information content (AvgIpc) is 2.42. The van der Waals surface area contributed by atoms with Gasteiger partial charge in [0.25, 0.3) is 0 Å². The third-order valence-corrected chi connectivity index (χ3v) is 2.71. The van der Waals surface area contributed by atoms with Gasteiger partial charge >= 0.3 is 0 Å². The molecule has 0 spiro atoms. The first kappa shape index (κ1) is 15.7. The van der Waals surface area contributed by atoms with E-state index >= 15 is 0 Å². The van der Waals surface area contributed by atoms with Crippen LogP contribution in [0, 0.1) is 16.7 Å². The highest BCUT2D eigenvalue weighted by Crippen LogP contribution is 2.19. The molecule has 0 aromatic heterocycles. The maximum Gasteiger partial charge on any atom is 0.178 e. The Balaban J connectivity index is 2.85. The van der Waals surface area contributed by atoms with Crippen molar-refractivity contribution in [1.29, 1.82) is 5.26 Å². The highest BCUT2D eigenvalue weighted by Gasteiger charge is 2.24. The molecular formula is C17H19NO2. The van der Waals surface area contributed by atoms with Gasteiger partial charge in [0.05, 0.1) is 12.7 Å². The van der Waals surface area contributed by atoms with Crippen molar-refractivity contribution in [1.82, 2.24) is 0 Å². The Morgan fingerprint density at radius 2 is 1.85 bits per heavy atom. The first-order valence-corrected chi connectivity index (χ1v) is 6.36.